The molecule has 1 amide bonds. The summed E-state index contributed by atoms with van der Waals surface area (Å²) < 4.78 is 16.4. The highest BCUT2D eigenvalue weighted by Crippen LogP contribution is 2.34. The predicted octanol–water partition coefficient (Wildman–Crippen LogP) is 4.27. The van der Waals surface area contributed by atoms with Crippen LogP contribution in [0.4, 0.5) is 4.79 Å². The lowest BCUT2D eigenvalue weighted by molar-refractivity contribution is -0.147. The number of amides is 1. The smallest absolute Gasteiger partial charge is 0.411 e. The van der Waals surface area contributed by atoms with Gasteiger partial charge in [-0.3, -0.25) is 4.90 Å². The van der Waals surface area contributed by atoms with E-state index in [0.29, 0.717) is 19.6 Å². The SMILES string of the molecule is COC(=O)[C@@H]1c2ccc(OCc3ccccc3)cc2CCN1C(=O)OC(C)(C)C. The maximum absolute atomic E-state index is 12.7. The molecular weight excluding hydrogens is 370 g/mol. The predicted molar refractivity (Wildman–Crippen MR) is 109 cm³/mol. The van der Waals surface area contributed by atoms with E-state index in [0.717, 1.165) is 22.4 Å². The first-order chi connectivity index (χ1) is 13.8. The van der Waals surface area contributed by atoms with Crippen molar-refractivity contribution >= 4 is 12.1 Å². The fourth-order valence-corrected chi connectivity index (χ4v) is 3.32. The molecule has 1 heterocycles. The summed E-state index contributed by atoms with van der Waals surface area (Å²) in [6.07, 6.45) is 0.0768. The van der Waals surface area contributed by atoms with E-state index in [1.165, 1.54) is 12.0 Å². The Bertz CT molecular complexity index is 873. The van der Waals surface area contributed by atoms with Gasteiger partial charge in [-0.05, 0) is 56.0 Å². The lowest BCUT2D eigenvalue weighted by Crippen LogP contribution is -2.46. The lowest BCUT2D eigenvalue weighted by Gasteiger charge is -2.36. The fraction of sp³-hybridized carbons (Fsp3) is 0.391. The number of fused-ring (bicyclic) bond motifs is 1. The Labute approximate surface area is 171 Å². The van der Waals surface area contributed by atoms with Crippen LogP contribution < -0.4 is 4.74 Å². The highest BCUT2D eigenvalue weighted by atomic mass is 16.6. The molecule has 0 aliphatic carbocycles. The third-order valence-electron chi connectivity index (χ3n) is 4.64. The van der Waals surface area contributed by atoms with Crippen LogP contribution in [0.3, 0.4) is 0 Å². The van der Waals surface area contributed by atoms with Gasteiger partial charge in [0.15, 0.2) is 6.04 Å². The van der Waals surface area contributed by atoms with Crippen LogP contribution in [0.2, 0.25) is 0 Å². The summed E-state index contributed by atoms with van der Waals surface area (Å²) in [5.74, 6) is 0.233. The molecule has 0 fully saturated rings. The van der Waals surface area contributed by atoms with Gasteiger partial charge >= 0.3 is 12.1 Å². The van der Waals surface area contributed by atoms with Gasteiger partial charge in [-0.15, -0.1) is 0 Å². The van der Waals surface area contributed by atoms with E-state index in [1.54, 1.807) is 20.8 Å². The van der Waals surface area contributed by atoms with Crippen LogP contribution in [0.25, 0.3) is 0 Å². The van der Waals surface area contributed by atoms with Crippen molar-refractivity contribution in [2.45, 2.75) is 45.4 Å². The Hall–Kier alpha value is -3.02. The minimum atomic E-state index is -0.832. The monoisotopic (exact) mass is 397 g/mol. The van der Waals surface area contributed by atoms with Gasteiger partial charge < -0.3 is 14.2 Å². The van der Waals surface area contributed by atoms with E-state index in [1.807, 2.05) is 48.5 Å². The number of hydrogen-bond donors (Lipinski definition) is 0. The molecule has 6 heteroatoms. The van der Waals surface area contributed by atoms with Crippen LogP contribution in [-0.4, -0.2) is 36.2 Å². The summed E-state index contributed by atoms with van der Waals surface area (Å²) in [4.78, 5) is 26.6. The zero-order chi connectivity index (χ0) is 21.0. The quantitative estimate of drug-likeness (QED) is 0.721. The van der Waals surface area contributed by atoms with Crippen molar-refractivity contribution in [3.05, 3.63) is 65.2 Å². The molecule has 0 aromatic heterocycles. The molecule has 0 bridgehead atoms. The Morgan fingerprint density at radius 2 is 1.83 bits per heavy atom. The van der Waals surface area contributed by atoms with Crippen LogP contribution in [0, 0.1) is 0 Å². The molecule has 0 N–H and O–H groups in total. The van der Waals surface area contributed by atoms with Crippen molar-refractivity contribution in [3.8, 4) is 5.75 Å². The lowest BCUT2D eigenvalue weighted by atomic mass is 9.92. The highest BCUT2D eigenvalue weighted by molar-refractivity contribution is 5.84. The second-order valence-corrected chi connectivity index (χ2v) is 7.98. The van der Waals surface area contributed by atoms with Crippen molar-refractivity contribution in [3.63, 3.8) is 0 Å². The van der Waals surface area contributed by atoms with Gasteiger partial charge in [0.1, 0.15) is 18.0 Å². The average molecular weight is 397 g/mol. The molecule has 29 heavy (non-hydrogen) atoms. The Morgan fingerprint density at radius 1 is 1.10 bits per heavy atom. The Balaban J connectivity index is 1.82. The molecule has 0 spiro atoms. The summed E-state index contributed by atoms with van der Waals surface area (Å²) in [5.41, 5.74) is 2.13. The number of carbonyl (C=O) groups is 2. The van der Waals surface area contributed by atoms with Crippen molar-refractivity contribution < 1.29 is 23.8 Å². The first-order valence-electron chi connectivity index (χ1n) is 9.65. The van der Waals surface area contributed by atoms with Crippen LogP contribution in [0.1, 0.15) is 43.5 Å². The zero-order valence-electron chi connectivity index (χ0n) is 17.3. The van der Waals surface area contributed by atoms with Gasteiger partial charge in [-0.25, -0.2) is 9.59 Å². The summed E-state index contributed by atoms with van der Waals surface area (Å²) in [5, 5.41) is 0. The summed E-state index contributed by atoms with van der Waals surface area (Å²) in [6, 6.07) is 14.7. The van der Waals surface area contributed by atoms with E-state index < -0.39 is 23.7 Å². The molecule has 0 saturated carbocycles. The van der Waals surface area contributed by atoms with Crippen molar-refractivity contribution in [2.24, 2.45) is 0 Å². The van der Waals surface area contributed by atoms with Gasteiger partial charge in [0.05, 0.1) is 7.11 Å². The molecule has 2 aromatic rings. The molecule has 0 saturated heterocycles. The first kappa shape index (κ1) is 20.7. The molecule has 2 aromatic carbocycles. The second-order valence-electron chi connectivity index (χ2n) is 7.98. The van der Waals surface area contributed by atoms with Crippen molar-refractivity contribution in [2.75, 3.05) is 13.7 Å². The number of carbonyl (C=O) groups excluding carboxylic acids is 2. The number of rotatable bonds is 4. The van der Waals surface area contributed by atoms with Gasteiger partial charge in [0, 0.05) is 6.54 Å². The van der Waals surface area contributed by atoms with E-state index in [-0.39, 0.29) is 0 Å². The van der Waals surface area contributed by atoms with E-state index in [2.05, 4.69) is 0 Å². The van der Waals surface area contributed by atoms with Crippen molar-refractivity contribution in [1.29, 1.82) is 0 Å². The number of methoxy groups -OCH3 is 1. The zero-order valence-corrected chi connectivity index (χ0v) is 17.3. The van der Waals surface area contributed by atoms with Gasteiger partial charge in [0.25, 0.3) is 0 Å². The van der Waals surface area contributed by atoms with Crippen LogP contribution in [-0.2, 0) is 27.3 Å². The normalized spacial score (nSPS) is 16.0. The molecule has 0 radical (unpaired) electrons. The highest BCUT2D eigenvalue weighted by Gasteiger charge is 2.39. The fourth-order valence-electron chi connectivity index (χ4n) is 3.32. The maximum Gasteiger partial charge on any atom is 0.411 e. The number of ether oxygens (including phenoxy) is 3. The number of hydrogen-bond acceptors (Lipinski definition) is 5. The van der Waals surface area contributed by atoms with Gasteiger partial charge in [-0.1, -0.05) is 36.4 Å². The largest absolute Gasteiger partial charge is 0.489 e. The van der Waals surface area contributed by atoms with Crippen LogP contribution in [0.5, 0.6) is 5.75 Å². The third-order valence-corrected chi connectivity index (χ3v) is 4.64. The summed E-state index contributed by atoms with van der Waals surface area (Å²) in [6.45, 7) is 6.22. The molecule has 1 aliphatic heterocycles. The van der Waals surface area contributed by atoms with E-state index in [9.17, 15) is 9.59 Å². The molecule has 1 atom stereocenters. The summed E-state index contributed by atoms with van der Waals surface area (Å²) >= 11 is 0. The number of esters is 1. The molecule has 1 aliphatic rings. The van der Waals surface area contributed by atoms with Gasteiger partial charge in [0.2, 0.25) is 0 Å². The van der Waals surface area contributed by atoms with Gasteiger partial charge in [-0.2, -0.15) is 0 Å². The molecule has 6 nitrogen and oxygen atoms in total. The minimum absolute atomic E-state index is 0.365. The topological polar surface area (TPSA) is 65.1 Å². The van der Waals surface area contributed by atoms with E-state index >= 15 is 0 Å². The average Bonchev–Trinajstić information content (AvgIpc) is 2.70. The van der Waals surface area contributed by atoms with Crippen LogP contribution >= 0.6 is 0 Å². The van der Waals surface area contributed by atoms with Crippen LogP contribution in [0.15, 0.2) is 48.5 Å². The standard InChI is InChI=1S/C23H27NO5/c1-23(2,3)29-22(26)24-13-12-17-14-18(28-15-16-8-6-5-7-9-16)10-11-19(17)20(24)21(25)27-4/h5-11,14,20H,12-13,15H2,1-4H3/t20-/m0/s1. The van der Waals surface area contributed by atoms with E-state index in [4.69, 9.17) is 14.2 Å². The second kappa shape index (κ2) is 8.55. The number of benzene rings is 2. The molecular formula is C23H27NO5. The van der Waals surface area contributed by atoms with Crippen molar-refractivity contribution in [1.82, 2.24) is 4.90 Å². The molecule has 0 unspecified atom stereocenters. The number of nitrogens with zero attached hydrogens (tertiary/aromatic N) is 1. The Morgan fingerprint density at radius 3 is 2.48 bits per heavy atom. The minimum Gasteiger partial charge on any atom is -0.489 e. The first-order valence-corrected chi connectivity index (χ1v) is 9.65. The molecule has 3 rings (SSSR count). The molecule has 154 valence electrons. The maximum atomic E-state index is 12.7. The third kappa shape index (κ3) is 5.08. The Kier molecular flexibility index (Phi) is 6.11. The summed E-state index contributed by atoms with van der Waals surface area (Å²) in [7, 11) is 1.32.